The van der Waals surface area contributed by atoms with E-state index in [4.69, 9.17) is 9.84 Å². The maximum absolute atomic E-state index is 11.9. The molecule has 0 saturated carbocycles. The molecule has 88 valence electrons. The second-order valence-electron chi connectivity index (χ2n) is 4.63. The minimum atomic E-state index is -0.211. The molecule has 0 spiro atoms. The standard InChI is InChI=1S/C11H21NO3/c1-8(2)4-11(14)12-5-10(6-13)15-7-9(12)3/h8-10,13H,4-7H2,1-3H3. The van der Waals surface area contributed by atoms with Crippen molar-refractivity contribution in [2.24, 2.45) is 5.92 Å². The van der Waals surface area contributed by atoms with Crippen LogP contribution in [0.1, 0.15) is 27.2 Å². The summed E-state index contributed by atoms with van der Waals surface area (Å²) in [6.45, 7) is 7.07. The molecule has 15 heavy (non-hydrogen) atoms. The highest BCUT2D eigenvalue weighted by Gasteiger charge is 2.29. The lowest BCUT2D eigenvalue weighted by atomic mass is 10.1. The summed E-state index contributed by atoms with van der Waals surface area (Å²) in [6.07, 6.45) is 0.361. The molecule has 0 aromatic heterocycles. The maximum Gasteiger partial charge on any atom is 0.223 e. The number of aliphatic hydroxyl groups excluding tert-OH is 1. The van der Waals surface area contributed by atoms with Gasteiger partial charge >= 0.3 is 0 Å². The highest BCUT2D eigenvalue weighted by Crippen LogP contribution is 2.14. The minimum absolute atomic E-state index is 0.0157. The Bertz CT molecular complexity index is 218. The van der Waals surface area contributed by atoms with E-state index in [1.165, 1.54) is 0 Å². The van der Waals surface area contributed by atoms with Crippen molar-refractivity contribution in [2.45, 2.75) is 39.3 Å². The molecular weight excluding hydrogens is 194 g/mol. The van der Waals surface area contributed by atoms with Crippen LogP contribution < -0.4 is 0 Å². The molecule has 1 N–H and O–H groups in total. The molecule has 0 aliphatic carbocycles. The van der Waals surface area contributed by atoms with Crippen molar-refractivity contribution < 1.29 is 14.6 Å². The van der Waals surface area contributed by atoms with Crippen LogP contribution in [-0.4, -0.2) is 47.8 Å². The summed E-state index contributed by atoms with van der Waals surface area (Å²) in [7, 11) is 0. The summed E-state index contributed by atoms with van der Waals surface area (Å²) in [6, 6.07) is 0.124. The zero-order valence-electron chi connectivity index (χ0n) is 9.77. The van der Waals surface area contributed by atoms with E-state index in [0.29, 0.717) is 25.5 Å². The maximum atomic E-state index is 11.9. The molecule has 1 amide bonds. The Morgan fingerprint density at radius 2 is 2.27 bits per heavy atom. The number of amides is 1. The Hall–Kier alpha value is -0.610. The fourth-order valence-corrected chi connectivity index (χ4v) is 1.74. The second-order valence-corrected chi connectivity index (χ2v) is 4.63. The molecule has 1 saturated heterocycles. The molecule has 1 rings (SSSR count). The van der Waals surface area contributed by atoms with Gasteiger partial charge in [0.25, 0.3) is 0 Å². The third-order valence-corrected chi connectivity index (χ3v) is 2.61. The number of hydrogen-bond donors (Lipinski definition) is 1. The quantitative estimate of drug-likeness (QED) is 0.751. The molecule has 0 aromatic rings. The number of carbonyl (C=O) groups excluding carboxylic acids is 1. The first-order valence-electron chi connectivity index (χ1n) is 5.56. The van der Waals surface area contributed by atoms with Crippen LogP contribution in [0.3, 0.4) is 0 Å². The van der Waals surface area contributed by atoms with E-state index in [-0.39, 0.29) is 24.7 Å². The number of aliphatic hydroxyl groups is 1. The average Bonchev–Trinajstić information content (AvgIpc) is 2.17. The Morgan fingerprint density at radius 3 is 2.80 bits per heavy atom. The normalized spacial score (nSPS) is 27.1. The van der Waals surface area contributed by atoms with Crippen molar-refractivity contribution in [1.82, 2.24) is 4.90 Å². The Balaban J connectivity index is 2.53. The van der Waals surface area contributed by atoms with Crippen LogP contribution in [0.5, 0.6) is 0 Å². The van der Waals surface area contributed by atoms with E-state index in [1.54, 1.807) is 0 Å². The van der Waals surface area contributed by atoms with Crippen LogP contribution >= 0.6 is 0 Å². The van der Waals surface area contributed by atoms with Crippen molar-refractivity contribution in [3.8, 4) is 0 Å². The summed E-state index contributed by atoms with van der Waals surface area (Å²) in [5.41, 5.74) is 0. The predicted molar refractivity (Wildman–Crippen MR) is 57.5 cm³/mol. The number of ether oxygens (including phenoxy) is 1. The van der Waals surface area contributed by atoms with Gasteiger partial charge in [0, 0.05) is 13.0 Å². The average molecular weight is 215 g/mol. The molecule has 0 bridgehead atoms. The molecule has 4 nitrogen and oxygen atoms in total. The van der Waals surface area contributed by atoms with Gasteiger partial charge in [-0.1, -0.05) is 13.8 Å². The molecule has 1 fully saturated rings. The molecule has 1 aliphatic rings. The SMILES string of the molecule is CC(C)CC(=O)N1CC(CO)OCC1C. The minimum Gasteiger partial charge on any atom is -0.394 e. The molecule has 2 unspecified atom stereocenters. The van der Waals surface area contributed by atoms with E-state index >= 15 is 0 Å². The number of nitrogens with zero attached hydrogens (tertiary/aromatic N) is 1. The van der Waals surface area contributed by atoms with Crippen molar-refractivity contribution in [2.75, 3.05) is 19.8 Å². The van der Waals surface area contributed by atoms with Gasteiger partial charge in [-0.15, -0.1) is 0 Å². The van der Waals surface area contributed by atoms with Crippen molar-refractivity contribution in [3.05, 3.63) is 0 Å². The largest absolute Gasteiger partial charge is 0.394 e. The monoisotopic (exact) mass is 215 g/mol. The van der Waals surface area contributed by atoms with Gasteiger partial charge in [-0.3, -0.25) is 4.79 Å². The zero-order valence-corrected chi connectivity index (χ0v) is 9.77. The van der Waals surface area contributed by atoms with Crippen molar-refractivity contribution in [3.63, 3.8) is 0 Å². The number of rotatable bonds is 3. The van der Waals surface area contributed by atoms with Gasteiger partial charge in [0.1, 0.15) is 0 Å². The fraction of sp³-hybridized carbons (Fsp3) is 0.909. The van der Waals surface area contributed by atoms with Gasteiger partial charge in [0.2, 0.25) is 5.91 Å². The van der Waals surface area contributed by atoms with E-state index in [2.05, 4.69) is 0 Å². The number of hydrogen-bond acceptors (Lipinski definition) is 3. The summed E-state index contributed by atoms with van der Waals surface area (Å²) in [4.78, 5) is 13.7. The first-order valence-corrected chi connectivity index (χ1v) is 5.56. The molecular formula is C11H21NO3. The van der Waals surface area contributed by atoms with Crippen molar-refractivity contribution >= 4 is 5.91 Å². The number of carbonyl (C=O) groups is 1. The van der Waals surface area contributed by atoms with Gasteiger partial charge in [-0.2, -0.15) is 0 Å². The molecule has 0 aromatic carbocycles. The Kier molecular flexibility index (Phi) is 4.54. The predicted octanol–water partition coefficient (Wildman–Crippen LogP) is 0.641. The molecule has 4 heteroatoms. The van der Waals surface area contributed by atoms with Gasteiger partial charge in [-0.05, 0) is 12.8 Å². The topological polar surface area (TPSA) is 49.8 Å². The lowest BCUT2D eigenvalue weighted by molar-refractivity contribution is -0.146. The smallest absolute Gasteiger partial charge is 0.223 e. The highest BCUT2D eigenvalue weighted by atomic mass is 16.5. The third kappa shape index (κ3) is 3.47. The van der Waals surface area contributed by atoms with E-state index < -0.39 is 0 Å². The third-order valence-electron chi connectivity index (χ3n) is 2.61. The van der Waals surface area contributed by atoms with Crippen LogP contribution in [-0.2, 0) is 9.53 Å². The van der Waals surface area contributed by atoms with Gasteiger partial charge in [0.15, 0.2) is 0 Å². The van der Waals surface area contributed by atoms with Gasteiger partial charge < -0.3 is 14.7 Å². The first kappa shape index (κ1) is 12.5. The molecule has 1 aliphatic heterocycles. The zero-order chi connectivity index (χ0) is 11.4. The van der Waals surface area contributed by atoms with Crippen LogP contribution in [0, 0.1) is 5.92 Å². The lowest BCUT2D eigenvalue weighted by Gasteiger charge is -2.37. The second kappa shape index (κ2) is 5.47. The van der Waals surface area contributed by atoms with Crippen molar-refractivity contribution in [1.29, 1.82) is 0 Å². The molecule has 1 heterocycles. The van der Waals surface area contributed by atoms with Crippen LogP contribution in [0.25, 0.3) is 0 Å². The highest BCUT2D eigenvalue weighted by molar-refractivity contribution is 5.76. The summed E-state index contributed by atoms with van der Waals surface area (Å²) >= 11 is 0. The van der Waals surface area contributed by atoms with Crippen LogP contribution in [0.2, 0.25) is 0 Å². The number of morpholine rings is 1. The fourth-order valence-electron chi connectivity index (χ4n) is 1.74. The van der Waals surface area contributed by atoms with Gasteiger partial charge in [-0.25, -0.2) is 0 Å². The first-order chi connectivity index (χ1) is 7.04. The molecule has 2 atom stereocenters. The summed E-state index contributed by atoms with van der Waals surface area (Å²) < 4.78 is 5.38. The summed E-state index contributed by atoms with van der Waals surface area (Å²) in [5.74, 6) is 0.541. The van der Waals surface area contributed by atoms with E-state index in [1.807, 2.05) is 25.7 Å². The molecule has 0 radical (unpaired) electrons. The van der Waals surface area contributed by atoms with Crippen LogP contribution in [0.15, 0.2) is 0 Å². The van der Waals surface area contributed by atoms with Crippen LogP contribution in [0.4, 0.5) is 0 Å². The summed E-state index contributed by atoms with van der Waals surface area (Å²) in [5, 5.41) is 9.00. The Labute approximate surface area is 91.2 Å². The van der Waals surface area contributed by atoms with Gasteiger partial charge in [0.05, 0.1) is 25.4 Å². The Morgan fingerprint density at radius 1 is 1.60 bits per heavy atom. The van der Waals surface area contributed by atoms with E-state index in [9.17, 15) is 4.79 Å². The van der Waals surface area contributed by atoms with E-state index in [0.717, 1.165) is 0 Å². The lowest BCUT2D eigenvalue weighted by Crippen LogP contribution is -2.52.